The van der Waals surface area contributed by atoms with Gasteiger partial charge in [-0.25, -0.2) is 9.97 Å². The third-order valence-electron chi connectivity index (χ3n) is 4.47. The van der Waals surface area contributed by atoms with Crippen LogP contribution in [0.2, 0.25) is 0 Å². The summed E-state index contributed by atoms with van der Waals surface area (Å²) in [6.07, 6.45) is 6.33. The number of aromatic nitrogens is 3. The van der Waals surface area contributed by atoms with Crippen LogP contribution in [0.4, 0.5) is 5.69 Å². The predicted octanol–water partition coefficient (Wildman–Crippen LogP) is 0.607. The summed E-state index contributed by atoms with van der Waals surface area (Å²) in [6, 6.07) is 5.27. The monoisotopic (exact) mass is 309 g/mol. The second-order valence-electron chi connectivity index (χ2n) is 5.84. The topological polar surface area (TPSA) is 79.3 Å². The van der Waals surface area contributed by atoms with Gasteiger partial charge in [-0.2, -0.15) is 0 Å². The van der Waals surface area contributed by atoms with Gasteiger partial charge in [-0.3, -0.25) is 14.6 Å². The molecule has 0 aliphatic carbocycles. The maximum Gasteiger partial charge on any atom is 0.272 e. The Labute approximate surface area is 133 Å². The van der Waals surface area contributed by atoms with Gasteiger partial charge in [0.25, 0.3) is 5.91 Å². The zero-order chi connectivity index (χ0) is 15.8. The standard InChI is InChI=1S/C16H15N5O2/c22-15-13-9-20(16(23)14-3-1-2-4-19-14)7-11(13)8-21(15)12-5-17-10-18-6-12/h1-6,10-11,13H,7-9H2/t11-,13-/m1/s1. The van der Waals surface area contributed by atoms with Gasteiger partial charge in [-0.05, 0) is 12.1 Å². The number of hydrogen-bond donors (Lipinski definition) is 0. The summed E-state index contributed by atoms with van der Waals surface area (Å²) >= 11 is 0. The fourth-order valence-corrected chi connectivity index (χ4v) is 3.34. The lowest BCUT2D eigenvalue weighted by Crippen LogP contribution is -2.36. The molecule has 2 atom stereocenters. The third kappa shape index (κ3) is 2.34. The van der Waals surface area contributed by atoms with Crippen molar-refractivity contribution in [2.75, 3.05) is 24.5 Å². The molecule has 2 aliphatic heterocycles. The number of pyridine rings is 1. The number of carbonyl (C=O) groups excluding carboxylic acids is 2. The molecule has 2 aromatic heterocycles. The number of hydrogen-bond acceptors (Lipinski definition) is 5. The van der Waals surface area contributed by atoms with Gasteiger partial charge < -0.3 is 9.80 Å². The highest BCUT2D eigenvalue weighted by atomic mass is 16.2. The van der Waals surface area contributed by atoms with Gasteiger partial charge in [-0.15, -0.1) is 0 Å². The minimum Gasteiger partial charge on any atom is -0.336 e. The molecule has 4 rings (SSSR count). The smallest absolute Gasteiger partial charge is 0.272 e. The number of fused-ring (bicyclic) bond motifs is 1. The molecule has 7 heteroatoms. The van der Waals surface area contributed by atoms with Crippen LogP contribution in [0.15, 0.2) is 43.1 Å². The highest BCUT2D eigenvalue weighted by molar-refractivity contribution is 5.99. The van der Waals surface area contributed by atoms with Crippen molar-refractivity contribution in [2.24, 2.45) is 11.8 Å². The van der Waals surface area contributed by atoms with E-state index >= 15 is 0 Å². The minimum absolute atomic E-state index is 0.0427. The average molecular weight is 309 g/mol. The van der Waals surface area contributed by atoms with E-state index in [4.69, 9.17) is 0 Å². The van der Waals surface area contributed by atoms with E-state index in [2.05, 4.69) is 15.0 Å². The van der Waals surface area contributed by atoms with Crippen molar-refractivity contribution < 1.29 is 9.59 Å². The van der Waals surface area contributed by atoms with E-state index in [1.807, 2.05) is 0 Å². The molecule has 116 valence electrons. The molecule has 2 amide bonds. The summed E-state index contributed by atoms with van der Waals surface area (Å²) in [7, 11) is 0. The quantitative estimate of drug-likeness (QED) is 0.812. The molecule has 0 spiro atoms. The molecule has 0 bridgehead atoms. The number of nitrogens with zero attached hydrogens (tertiary/aromatic N) is 5. The molecular formula is C16H15N5O2. The van der Waals surface area contributed by atoms with Crippen molar-refractivity contribution in [1.29, 1.82) is 0 Å². The second-order valence-corrected chi connectivity index (χ2v) is 5.84. The lowest BCUT2D eigenvalue weighted by molar-refractivity contribution is -0.120. The van der Waals surface area contributed by atoms with E-state index in [1.165, 1.54) is 6.33 Å². The Morgan fingerprint density at radius 1 is 1.13 bits per heavy atom. The Morgan fingerprint density at radius 2 is 1.96 bits per heavy atom. The van der Waals surface area contributed by atoms with Crippen molar-refractivity contribution in [3.8, 4) is 0 Å². The van der Waals surface area contributed by atoms with Gasteiger partial charge in [0.05, 0.1) is 24.0 Å². The number of anilines is 1. The van der Waals surface area contributed by atoms with Gasteiger partial charge in [0.15, 0.2) is 0 Å². The van der Waals surface area contributed by atoms with Gasteiger partial charge in [0, 0.05) is 31.7 Å². The second kappa shape index (κ2) is 5.42. The van der Waals surface area contributed by atoms with Crippen LogP contribution in [0.25, 0.3) is 0 Å². The van der Waals surface area contributed by atoms with Crippen LogP contribution in [0, 0.1) is 11.8 Å². The number of amides is 2. The van der Waals surface area contributed by atoms with E-state index in [0.717, 1.165) is 5.69 Å². The molecule has 23 heavy (non-hydrogen) atoms. The molecule has 0 saturated carbocycles. The first-order valence-corrected chi connectivity index (χ1v) is 7.51. The van der Waals surface area contributed by atoms with Crippen molar-refractivity contribution in [2.45, 2.75) is 0 Å². The number of likely N-dealkylation sites (tertiary alicyclic amines) is 1. The normalized spacial score (nSPS) is 23.2. The molecule has 0 radical (unpaired) electrons. The van der Waals surface area contributed by atoms with Crippen LogP contribution in [-0.2, 0) is 4.79 Å². The number of carbonyl (C=O) groups is 2. The Balaban J connectivity index is 1.49. The highest BCUT2D eigenvalue weighted by Crippen LogP contribution is 2.35. The first kappa shape index (κ1) is 13.8. The molecule has 2 aromatic rings. The van der Waals surface area contributed by atoms with Crippen molar-refractivity contribution in [1.82, 2.24) is 19.9 Å². The van der Waals surface area contributed by atoms with Crippen LogP contribution in [-0.4, -0.2) is 51.3 Å². The Kier molecular flexibility index (Phi) is 3.25. The van der Waals surface area contributed by atoms with Gasteiger partial charge in [0.2, 0.25) is 5.91 Å². The molecule has 2 saturated heterocycles. The van der Waals surface area contributed by atoms with E-state index < -0.39 is 0 Å². The summed E-state index contributed by atoms with van der Waals surface area (Å²) in [4.78, 5) is 40.5. The average Bonchev–Trinajstić information content (AvgIpc) is 3.16. The van der Waals surface area contributed by atoms with Crippen molar-refractivity contribution >= 4 is 17.5 Å². The largest absolute Gasteiger partial charge is 0.336 e. The summed E-state index contributed by atoms with van der Waals surface area (Å²) < 4.78 is 0. The highest BCUT2D eigenvalue weighted by Gasteiger charge is 2.48. The first-order valence-electron chi connectivity index (χ1n) is 7.51. The van der Waals surface area contributed by atoms with Gasteiger partial charge >= 0.3 is 0 Å². The van der Waals surface area contributed by atoms with E-state index in [1.54, 1.807) is 46.6 Å². The van der Waals surface area contributed by atoms with Crippen LogP contribution in [0.1, 0.15) is 10.5 Å². The molecule has 2 fully saturated rings. The Morgan fingerprint density at radius 3 is 2.65 bits per heavy atom. The van der Waals surface area contributed by atoms with E-state index in [-0.39, 0.29) is 23.7 Å². The lowest BCUT2D eigenvalue weighted by Gasteiger charge is -2.21. The zero-order valence-corrected chi connectivity index (χ0v) is 12.4. The van der Waals surface area contributed by atoms with Crippen LogP contribution in [0.3, 0.4) is 0 Å². The molecule has 0 aromatic carbocycles. The Hall–Kier alpha value is -2.83. The first-order chi connectivity index (χ1) is 11.2. The molecule has 0 N–H and O–H groups in total. The van der Waals surface area contributed by atoms with Crippen LogP contribution >= 0.6 is 0 Å². The fourth-order valence-electron chi connectivity index (χ4n) is 3.34. The lowest BCUT2D eigenvalue weighted by atomic mass is 10.0. The Bertz CT molecular complexity index is 737. The maximum absolute atomic E-state index is 12.6. The van der Waals surface area contributed by atoms with Crippen molar-refractivity contribution in [3.05, 3.63) is 48.8 Å². The molecule has 2 aliphatic rings. The van der Waals surface area contributed by atoms with E-state index in [9.17, 15) is 9.59 Å². The van der Waals surface area contributed by atoms with Crippen molar-refractivity contribution in [3.63, 3.8) is 0 Å². The van der Waals surface area contributed by atoms with E-state index in [0.29, 0.717) is 25.3 Å². The van der Waals surface area contributed by atoms with Gasteiger partial charge in [-0.1, -0.05) is 6.07 Å². The molecule has 7 nitrogen and oxygen atoms in total. The summed E-state index contributed by atoms with van der Waals surface area (Å²) in [5, 5.41) is 0. The van der Waals surface area contributed by atoms with Crippen LogP contribution in [0.5, 0.6) is 0 Å². The summed E-state index contributed by atoms with van der Waals surface area (Å²) in [6.45, 7) is 1.63. The number of rotatable bonds is 2. The summed E-state index contributed by atoms with van der Waals surface area (Å²) in [5.41, 5.74) is 1.14. The zero-order valence-electron chi connectivity index (χ0n) is 12.4. The van der Waals surface area contributed by atoms with Gasteiger partial charge in [0.1, 0.15) is 12.0 Å². The fraction of sp³-hybridized carbons (Fsp3) is 0.312. The maximum atomic E-state index is 12.6. The SMILES string of the molecule is O=C(c1ccccn1)N1C[C@@H]2CN(c3cncnc3)C(=O)[C@@H]2C1. The predicted molar refractivity (Wildman–Crippen MR) is 81.5 cm³/mol. The minimum atomic E-state index is -0.150. The molecule has 4 heterocycles. The molecular weight excluding hydrogens is 294 g/mol. The third-order valence-corrected chi connectivity index (χ3v) is 4.47. The van der Waals surface area contributed by atoms with Crippen LogP contribution < -0.4 is 4.90 Å². The summed E-state index contributed by atoms with van der Waals surface area (Å²) in [5.74, 6) is -0.0678. The molecule has 0 unspecified atom stereocenters.